The number of likely N-dealkylation sites (tertiary alicyclic amines) is 1. The molecule has 1 aliphatic rings. The molecule has 1 aromatic carbocycles. The number of nitrogens with zero attached hydrogens (tertiary/aromatic N) is 3. The first-order chi connectivity index (χ1) is 11.6. The monoisotopic (exact) mass is 347 g/mol. The van der Waals surface area contributed by atoms with Crippen molar-refractivity contribution in [2.75, 3.05) is 18.8 Å². The van der Waals surface area contributed by atoms with Gasteiger partial charge in [-0.2, -0.15) is 5.10 Å². The normalized spacial score (nSPS) is 18.5. The number of sulfone groups is 1. The Morgan fingerprint density at radius 2 is 2.00 bits per heavy atom. The fraction of sp³-hybridized carbons (Fsp3) is 0.412. The van der Waals surface area contributed by atoms with Gasteiger partial charge < -0.3 is 4.90 Å². The number of carbonyl (C=O) groups excluding carboxylic acids is 1. The lowest BCUT2D eigenvalue weighted by Gasteiger charge is -2.33. The number of rotatable bonds is 5. The number of hydrogen-bond donors (Lipinski definition) is 0. The molecule has 1 aromatic heterocycles. The van der Waals surface area contributed by atoms with Crippen molar-refractivity contribution < 1.29 is 13.2 Å². The minimum Gasteiger partial charge on any atom is -0.341 e. The number of carbonyl (C=O) groups is 1. The van der Waals surface area contributed by atoms with Crippen LogP contribution >= 0.6 is 0 Å². The van der Waals surface area contributed by atoms with Gasteiger partial charge in [-0.15, -0.1) is 0 Å². The minimum atomic E-state index is -3.42. The van der Waals surface area contributed by atoms with Gasteiger partial charge in [-0.3, -0.25) is 9.48 Å². The molecule has 24 heavy (non-hydrogen) atoms. The summed E-state index contributed by atoms with van der Waals surface area (Å²) in [5.41, 5.74) is 0. The van der Waals surface area contributed by atoms with Crippen molar-refractivity contribution in [3.63, 3.8) is 0 Å². The molecule has 2 heterocycles. The van der Waals surface area contributed by atoms with Gasteiger partial charge in [0.15, 0.2) is 9.84 Å². The van der Waals surface area contributed by atoms with Crippen LogP contribution in [-0.2, 0) is 14.6 Å². The molecule has 0 N–H and O–H groups in total. The fourth-order valence-electron chi connectivity index (χ4n) is 3.02. The van der Waals surface area contributed by atoms with Gasteiger partial charge in [-0.05, 0) is 31.0 Å². The van der Waals surface area contributed by atoms with Crippen molar-refractivity contribution in [2.24, 2.45) is 0 Å². The van der Waals surface area contributed by atoms with Gasteiger partial charge in [0, 0.05) is 31.9 Å². The second-order valence-corrected chi connectivity index (χ2v) is 8.11. The molecule has 1 saturated heterocycles. The highest BCUT2D eigenvalue weighted by Crippen LogP contribution is 2.21. The first kappa shape index (κ1) is 16.7. The quantitative estimate of drug-likeness (QED) is 0.828. The molecule has 0 saturated carbocycles. The van der Waals surface area contributed by atoms with E-state index in [1.54, 1.807) is 41.4 Å². The van der Waals surface area contributed by atoms with E-state index in [1.807, 2.05) is 16.9 Å². The molecule has 7 heteroatoms. The van der Waals surface area contributed by atoms with E-state index in [0.29, 0.717) is 13.1 Å². The molecule has 1 atom stereocenters. The van der Waals surface area contributed by atoms with E-state index in [-0.39, 0.29) is 29.0 Å². The molecule has 2 aromatic rings. The molecule has 3 rings (SSSR count). The van der Waals surface area contributed by atoms with Crippen molar-refractivity contribution in [3.05, 3.63) is 48.8 Å². The smallest absolute Gasteiger partial charge is 0.223 e. The Bertz CT molecular complexity index is 773. The lowest BCUT2D eigenvalue weighted by atomic mass is 10.1. The van der Waals surface area contributed by atoms with Crippen LogP contribution in [0.3, 0.4) is 0 Å². The van der Waals surface area contributed by atoms with Gasteiger partial charge >= 0.3 is 0 Å². The number of piperidine rings is 1. The minimum absolute atomic E-state index is 0.0169. The van der Waals surface area contributed by atoms with E-state index in [2.05, 4.69) is 5.10 Å². The third kappa shape index (κ3) is 3.84. The molecule has 0 bridgehead atoms. The zero-order valence-corrected chi connectivity index (χ0v) is 14.2. The largest absolute Gasteiger partial charge is 0.341 e. The highest BCUT2D eigenvalue weighted by Gasteiger charge is 2.26. The van der Waals surface area contributed by atoms with Crippen LogP contribution in [0.4, 0.5) is 0 Å². The van der Waals surface area contributed by atoms with Gasteiger partial charge in [-0.25, -0.2) is 8.42 Å². The summed E-state index contributed by atoms with van der Waals surface area (Å²) in [5, 5.41) is 4.24. The molecular formula is C17H21N3O3S. The van der Waals surface area contributed by atoms with Crippen LogP contribution in [0.25, 0.3) is 0 Å². The van der Waals surface area contributed by atoms with Crippen LogP contribution in [0, 0.1) is 0 Å². The molecule has 1 aliphatic heterocycles. The predicted molar refractivity (Wildman–Crippen MR) is 90.2 cm³/mol. The molecule has 0 radical (unpaired) electrons. The average Bonchev–Trinajstić information content (AvgIpc) is 3.15. The molecular weight excluding hydrogens is 326 g/mol. The summed E-state index contributed by atoms with van der Waals surface area (Å²) in [4.78, 5) is 14.5. The van der Waals surface area contributed by atoms with Crippen molar-refractivity contribution in [2.45, 2.75) is 30.2 Å². The second kappa shape index (κ2) is 7.17. The summed E-state index contributed by atoms with van der Waals surface area (Å²) in [6.07, 6.45) is 5.53. The third-order valence-corrected chi connectivity index (χ3v) is 6.07. The Hall–Kier alpha value is -2.15. The Morgan fingerprint density at radius 3 is 2.71 bits per heavy atom. The fourth-order valence-corrected chi connectivity index (χ4v) is 4.27. The van der Waals surface area contributed by atoms with Gasteiger partial charge in [-0.1, -0.05) is 18.2 Å². The van der Waals surface area contributed by atoms with E-state index in [1.165, 1.54) is 0 Å². The van der Waals surface area contributed by atoms with E-state index in [0.717, 1.165) is 12.8 Å². The maximum Gasteiger partial charge on any atom is 0.223 e. The van der Waals surface area contributed by atoms with Crippen LogP contribution in [0.1, 0.15) is 25.3 Å². The summed E-state index contributed by atoms with van der Waals surface area (Å²) >= 11 is 0. The maximum absolute atomic E-state index is 12.4. The van der Waals surface area contributed by atoms with Crippen LogP contribution in [0.15, 0.2) is 53.7 Å². The van der Waals surface area contributed by atoms with Gasteiger partial charge in [0.05, 0.1) is 16.7 Å². The molecule has 1 fully saturated rings. The van der Waals surface area contributed by atoms with Gasteiger partial charge in [0.1, 0.15) is 0 Å². The average molecular weight is 347 g/mol. The Morgan fingerprint density at radius 1 is 1.21 bits per heavy atom. The van der Waals surface area contributed by atoms with Gasteiger partial charge in [0.2, 0.25) is 5.91 Å². The Balaban J connectivity index is 1.59. The lowest BCUT2D eigenvalue weighted by molar-refractivity contribution is -0.132. The highest BCUT2D eigenvalue weighted by atomic mass is 32.2. The predicted octanol–water partition coefficient (Wildman–Crippen LogP) is 1.91. The first-order valence-corrected chi connectivity index (χ1v) is 9.76. The first-order valence-electron chi connectivity index (χ1n) is 8.11. The molecule has 0 unspecified atom stereocenters. The van der Waals surface area contributed by atoms with Crippen molar-refractivity contribution in [3.8, 4) is 0 Å². The third-order valence-electron chi connectivity index (χ3n) is 4.34. The lowest BCUT2D eigenvalue weighted by Crippen LogP contribution is -2.41. The topological polar surface area (TPSA) is 72.3 Å². The number of hydrogen-bond acceptors (Lipinski definition) is 4. The highest BCUT2D eigenvalue weighted by molar-refractivity contribution is 7.91. The van der Waals surface area contributed by atoms with E-state index < -0.39 is 9.84 Å². The maximum atomic E-state index is 12.4. The van der Waals surface area contributed by atoms with Crippen molar-refractivity contribution in [1.82, 2.24) is 14.7 Å². The summed E-state index contributed by atoms with van der Waals surface area (Å²) in [7, 11) is -3.42. The summed E-state index contributed by atoms with van der Waals surface area (Å²) in [6, 6.07) is 10.3. The number of aromatic nitrogens is 2. The zero-order chi connectivity index (χ0) is 17.0. The van der Waals surface area contributed by atoms with E-state index >= 15 is 0 Å². The molecule has 0 spiro atoms. The van der Waals surface area contributed by atoms with E-state index in [4.69, 9.17) is 0 Å². The Labute approximate surface area is 142 Å². The summed E-state index contributed by atoms with van der Waals surface area (Å²) < 4.78 is 26.4. The van der Waals surface area contributed by atoms with Crippen molar-refractivity contribution in [1.29, 1.82) is 0 Å². The summed E-state index contributed by atoms with van der Waals surface area (Å²) in [6.45, 7) is 1.27. The van der Waals surface area contributed by atoms with Crippen LogP contribution < -0.4 is 0 Å². The molecule has 128 valence electrons. The van der Waals surface area contributed by atoms with Crippen molar-refractivity contribution >= 4 is 15.7 Å². The molecule has 6 nitrogen and oxygen atoms in total. The Kier molecular flexibility index (Phi) is 4.99. The summed E-state index contributed by atoms with van der Waals surface area (Å²) in [5.74, 6) is -0.259. The van der Waals surface area contributed by atoms with Gasteiger partial charge in [0.25, 0.3) is 0 Å². The van der Waals surface area contributed by atoms with Crippen LogP contribution in [-0.4, -0.2) is 47.8 Å². The van der Waals surface area contributed by atoms with Crippen LogP contribution in [0.5, 0.6) is 0 Å². The second-order valence-electron chi connectivity index (χ2n) is 6.00. The van der Waals surface area contributed by atoms with E-state index in [9.17, 15) is 13.2 Å². The number of benzene rings is 1. The standard InChI is InChI=1S/C17H21N3O3S/c21-17(9-13-24(22,23)16-7-2-1-3-8-16)19-11-4-6-15(14-19)20-12-5-10-18-20/h1-3,5,7-8,10,12,15H,4,6,9,11,13-14H2/t15-/m1/s1. The number of amides is 1. The SMILES string of the molecule is O=C(CCS(=O)(=O)c1ccccc1)N1CCC[C@@H](n2cccn2)C1. The zero-order valence-electron chi connectivity index (χ0n) is 13.4. The van der Waals surface area contributed by atoms with Crippen LogP contribution in [0.2, 0.25) is 0 Å². The molecule has 0 aliphatic carbocycles. The molecule has 1 amide bonds.